The van der Waals surface area contributed by atoms with Crippen LogP contribution in [0.3, 0.4) is 0 Å². The van der Waals surface area contributed by atoms with Gasteiger partial charge in [-0.25, -0.2) is 14.4 Å². The third-order valence-electron chi connectivity index (χ3n) is 4.40. The average Bonchev–Trinajstić information content (AvgIpc) is 3.19. The lowest BCUT2D eigenvalue weighted by atomic mass is 10.3. The van der Waals surface area contributed by atoms with Gasteiger partial charge in [0.1, 0.15) is 11.6 Å². The van der Waals surface area contributed by atoms with Crippen LogP contribution in [0.25, 0.3) is 11.0 Å². The van der Waals surface area contributed by atoms with E-state index in [1.54, 1.807) is 12.4 Å². The molecule has 8 heteroatoms. The smallest absolute Gasteiger partial charge is 0.205 e. The van der Waals surface area contributed by atoms with Crippen molar-refractivity contribution in [3.63, 3.8) is 0 Å². The van der Waals surface area contributed by atoms with Crippen LogP contribution < -0.4 is 4.90 Å². The van der Waals surface area contributed by atoms with E-state index < -0.39 is 0 Å². The van der Waals surface area contributed by atoms with Crippen LogP contribution in [0.15, 0.2) is 24.5 Å². The molecule has 4 rings (SSSR count). The Balaban J connectivity index is 1.34. The average molecular weight is 346 g/mol. The quantitative estimate of drug-likeness (QED) is 0.725. The van der Waals surface area contributed by atoms with Crippen LogP contribution in [0.5, 0.6) is 0 Å². The first kappa shape index (κ1) is 15.5. The van der Waals surface area contributed by atoms with Gasteiger partial charge in [0.2, 0.25) is 5.13 Å². The zero-order valence-electron chi connectivity index (χ0n) is 13.5. The molecule has 0 bridgehead atoms. The minimum Gasteiger partial charge on any atom is -0.344 e. The summed E-state index contributed by atoms with van der Waals surface area (Å²) in [6.45, 7) is 7.73. The molecular formula is C16H19FN6S. The van der Waals surface area contributed by atoms with E-state index >= 15 is 0 Å². The summed E-state index contributed by atoms with van der Waals surface area (Å²) in [6.07, 6.45) is 1.80. The second-order valence-electron chi connectivity index (χ2n) is 6.02. The van der Waals surface area contributed by atoms with Crippen LogP contribution in [0, 0.1) is 12.7 Å². The van der Waals surface area contributed by atoms with Gasteiger partial charge < -0.3 is 9.47 Å². The summed E-state index contributed by atoms with van der Waals surface area (Å²) >= 11 is 1.47. The van der Waals surface area contributed by atoms with Crippen molar-refractivity contribution in [2.45, 2.75) is 13.5 Å². The minimum absolute atomic E-state index is 0.240. The highest BCUT2D eigenvalue weighted by Gasteiger charge is 2.19. The predicted molar refractivity (Wildman–Crippen MR) is 93.0 cm³/mol. The number of nitrogens with zero attached hydrogens (tertiary/aromatic N) is 6. The van der Waals surface area contributed by atoms with Gasteiger partial charge in [-0.05, 0) is 19.1 Å². The highest BCUT2D eigenvalue weighted by Crippen LogP contribution is 2.19. The van der Waals surface area contributed by atoms with Crippen molar-refractivity contribution in [1.29, 1.82) is 0 Å². The summed E-state index contributed by atoms with van der Waals surface area (Å²) in [5.41, 5.74) is 1.70. The maximum absolute atomic E-state index is 13.2. The number of halogens is 1. The van der Waals surface area contributed by atoms with Gasteiger partial charge in [-0.15, -0.1) is 0 Å². The van der Waals surface area contributed by atoms with Gasteiger partial charge in [0.05, 0.1) is 17.4 Å². The van der Waals surface area contributed by atoms with Crippen LogP contribution in [-0.4, -0.2) is 56.5 Å². The molecule has 24 heavy (non-hydrogen) atoms. The third-order valence-corrected chi connectivity index (χ3v) is 5.27. The fourth-order valence-corrected chi connectivity index (χ4v) is 3.77. The molecule has 0 spiro atoms. The van der Waals surface area contributed by atoms with Gasteiger partial charge >= 0.3 is 0 Å². The number of benzene rings is 1. The summed E-state index contributed by atoms with van der Waals surface area (Å²) in [6, 6.07) is 4.77. The van der Waals surface area contributed by atoms with Crippen LogP contribution in [0.1, 0.15) is 5.82 Å². The monoisotopic (exact) mass is 346 g/mol. The summed E-state index contributed by atoms with van der Waals surface area (Å²) in [5.74, 6) is 0.608. The van der Waals surface area contributed by atoms with Gasteiger partial charge in [-0.1, -0.05) is 0 Å². The van der Waals surface area contributed by atoms with Crippen molar-refractivity contribution < 1.29 is 4.39 Å². The Morgan fingerprint density at radius 1 is 1.17 bits per heavy atom. The summed E-state index contributed by atoms with van der Waals surface area (Å²) in [5, 5.41) is 1.02. The van der Waals surface area contributed by atoms with Gasteiger partial charge in [0.25, 0.3) is 0 Å². The van der Waals surface area contributed by atoms with Gasteiger partial charge in [-0.2, -0.15) is 4.37 Å². The van der Waals surface area contributed by atoms with E-state index in [0.717, 1.165) is 55.7 Å². The topological polar surface area (TPSA) is 50.1 Å². The molecule has 0 aliphatic carbocycles. The highest BCUT2D eigenvalue weighted by molar-refractivity contribution is 7.09. The number of anilines is 1. The highest BCUT2D eigenvalue weighted by atomic mass is 32.1. The van der Waals surface area contributed by atoms with E-state index in [9.17, 15) is 4.39 Å². The van der Waals surface area contributed by atoms with E-state index in [1.165, 1.54) is 23.7 Å². The molecule has 2 aromatic heterocycles. The number of piperazine rings is 1. The molecule has 6 nitrogen and oxygen atoms in total. The van der Waals surface area contributed by atoms with Gasteiger partial charge in [0, 0.05) is 56.9 Å². The Labute approximate surface area is 143 Å². The fourth-order valence-electron chi connectivity index (χ4n) is 3.04. The maximum Gasteiger partial charge on any atom is 0.205 e. The van der Waals surface area contributed by atoms with Crippen molar-refractivity contribution in [2.24, 2.45) is 0 Å². The molecule has 0 amide bonds. The number of hydrogen-bond acceptors (Lipinski definition) is 6. The second-order valence-corrected chi connectivity index (χ2v) is 6.75. The molecule has 0 unspecified atom stereocenters. The molecule has 1 aromatic carbocycles. The summed E-state index contributed by atoms with van der Waals surface area (Å²) in [7, 11) is 0. The number of aromatic nitrogens is 4. The Kier molecular flexibility index (Phi) is 4.15. The third kappa shape index (κ3) is 3.11. The van der Waals surface area contributed by atoms with Crippen molar-refractivity contribution in [1.82, 2.24) is 23.8 Å². The molecule has 0 N–H and O–H groups in total. The van der Waals surface area contributed by atoms with Gasteiger partial charge in [0.15, 0.2) is 0 Å². The molecule has 3 heterocycles. The Morgan fingerprint density at radius 2 is 2.00 bits per heavy atom. The van der Waals surface area contributed by atoms with Crippen molar-refractivity contribution in [2.75, 3.05) is 37.6 Å². The molecule has 0 saturated carbocycles. The molecule has 1 fully saturated rings. The lowest BCUT2D eigenvalue weighted by Crippen LogP contribution is -2.47. The fraction of sp³-hybridized carbons (Fsp3) is 0.438. The van der Waals surface area contributed by atoms with E-state index in [4.69, 9.17) is 0 Å². The molecular weight excluding hydrogens is 327 g/mol. The maximum atomic E-state index is 13.2. The first-order valence-electron chi connectivity index (χ1n) is 8.07. The largest absolute Gasteiger partial charge is 0.344 e. The minimum atomic E-state index is -0.240. The molecule has 3 aromatic rings. The Bertz CT molecular complexity index is 836. The van der Waals surface area contributed by atoms with Crippen LogP contribution >= 0.6 is 11.5 Å². The number of aryl methyl sites for hydroxylation is 1. The lowest BCUT2D eigenvalue weighted by Gasteiger charge is -2.34. The summed E-state index contributed by atoms with van der Waals surface area (Å²) < 4.78 is 19.6. The van der Waals surface area contributed by atoms with E-state index in [0.29, 0.717) is 5.52 Å². The standard InChI is InChI=1S/C16H19FN6S/c1-12-19-16(24-20-12)22-7-4-21(5-8-22)6-9-23-11-18-14-10-13(17)2-3-15(14)23/h2-3,10-11H,4-9H2,1H3. The van der Waals surface area contributed by atoms with Crippen molar-refractivity contribution in [3.05, 3.63) is 36.2 Å². The zero-order chi connectivity index (χ0) is 16.5. The Morgan fingerprint density at radius 3 is 2.75 bits per heavy atom. The number of fused-ring (bicyclic) bond motifs is 1. The van der Waals surface area contributed by atoms with Crippen LogP contribution in [0.4, 0.5) is 9.52 Å². The van der Waals surface area contributed by atoms with Crippen molar-refractivity contribution in [3.8, 4) is 0 Å². The van der Waals surface area contributed by atoms with E-state index in [1.807, 2.05) is 6.92 Å². The first-order chi connectivity index (χ1) is 11.7. The Hall–Kier alpha value is -2.06. The van der Waals surface area contributed by atoms with E-state index in [2.05, 4.69) is 28.7 Å². The van der Waals surface area contributed by atoms with Crippen LogP contribution in [-0.2, 0) is 6.54 Å². The number of imidazole rings is 1. The first-order valence-corrected chi connectivity index (χ1v) is 8.84. The zero-order valence-corrected chi connectivity index (χ0v) is 14.3. The summed E-state index contributed by atoms with van der Waals surface area (Å²) in [4.78, 5) is 13.5. The molecule has 126 valence electrons. The molecule has 1 saturated heterocycles. The van der Waals surface area contributed by atoms with Gasteiger partial charge in [-0.3, -0.25) is 4.90 Å². The van der Waals surface area contributed by atoms with Crippen molar-refractivity contribution >= 4 is 27.7 Å². The normalized spacial score (nSPS) is 16.2. The SMILES string of the molecule is Cc1nsc(N2CCN(CCn3cnc4cc(F)ccc43)CC2)n1. The lowest BCUT2D eigenvalue weighted by molar-refractivity contribution is 0.249. The second kappa shape index (κ2) is 6.45. The number of rotatable bonds is 4. The van der Waals surface area contributed by atoms with E-state index in [-0.39, 0.29) is 5.82 Å². The number of hydrogen-bond donors (Lipinski definition) is 0. The predicted octanol–water partition coefficient (Wildman–Crippen LogP) is 2.16. The van der Waals surface area contributed by atoms with Crippen LogP contribution in [0.2, 0.25) is 0 Å². The molecule has 1 aliphatic rings. The molecule has 0 atom stereocenters. The molecule has 1 aliphatic heterocycles. The molecule has 0 radical (unpaired) electrons.